The molecule has 0 heterocycles. The van der Waals surface area contributed by atoms with Gasteiger partial charge in [0.1, 0.15) is 5.75 Å². The summed E-state index contributed by atoms with van der Waals surface area (Å²) in [5.41, 5.74) is 0.993. The van der Waals surface area contributed by atoms with E-state index in [1.165, 1.54) is 6.07 Å². The van der Waals surface area contributed by atoms with Crippen LogP contribution in [-0.2, 0) is 0 Å². The molecular weight excluding hydrogens is 224 g/mol. The fourth-order valence-corrected chi connectivity index (χ4v) is 1.89. The monoisotopic (exact) mass is 240 g/mol. The minimum absolute atomic E-state index is 0.0310. The molecule has 16 heavy (non-hydrogen) atoms. The number of phenolic OH excluding ortho intramolecular Hbond substituents is 1. The van der Waals surface area contributed by atoms with E-state index in [1.807, 2.05) is 0 Å². The Balaban J connectivity index is 2.82. The van der Waals surface area contributed by atoms with Crippen molar-refractivity contribution in [1.82, 2.24) is 0 Å². The number of hydrogen-bond donors (Lipinski definition) is 1. The van der Waals surface area contributed by atoms with Crippen molar-refractivity contribution >= 4 is 17.4 Å². The molecule has 0 radical (unpaired) electrons. The molecule has 0 spiro atoms. The third-order valence-electron chi connectivity index (χ3n) is 2.57. The SMILES string of the molecule is CCCCCC(=O)c1cc(Cl)cc(C)c1O. The van der Waals surface area contributed by atoms with E-state index in [-0.39, 0.29) is 11.5 Å². The topological polar surface area (TPSA) is 37.3 Å². The molecule has 0 unspecified atom stereocenters. The van der Waals surface area contributed by atoms with Crippen molar-refractivity contribution in [2.75, 3.05) is 0 Å². The molecule has 0 amide bonds. The second kappa shape index (κ2) is 5.90. The van der Waals surface area contributed by atoms with Crippen LogP contribution in [0.1, 0.15) is 48.5 Å². The summed E-state index contributed by atoms with van der Waals surface area (Å²) in [5.74, 6) is 0.0300. The molecule has 2 nitrogen and oxygen atoms in total. The second-order valence-corrected chi connectivity index (χ2v) is 4.44. The van der Waals surface area contributed by atoms with Crippen molar-refractivity contribution in [1.29, 1.82) is 0 Å². The fraction of sp³-hybridized carbons (Fsp3) is 0.462. The van der Waals surface area contributed by atoms with Crippen LogP contribution in [0, 0.1) is 6.92 Å². The number of Topliss-reactive ketones (excluding diaryl/α,β-unsaturated/α-hetero) is 1. The first-order valence-electron chi connectivity index (χ1n) is 5.58. The van der Waals surface area contributed by atoms with Crippen molar-refractivity contribution in [3.05, 3.63) is 28.3 Å². The minimum Gasteiger partial charge on any atom is -0.507 e. The van der Waals surface area contributed by atoms with E-state index in [2.05, 4.69) is 6.92 Å². The van der Waals surface area contributed by atoms with Gasteiger partial charge in [-0.15, -0.1) is 0 Å². The standard InChI is InChI=1S/C13H17ClO2/c1-3-4-5-6-12(15)11-8-10(14)7-9(2)13(11)16/h7-8,16H,3-6H2,1-2H3. The fourth-order valence-electron chi connectivity index (χ4n) is 1.62. The molecule has 1 N–H and O–H groups in total. The maximum absolute atomic E-state index is 11.8. The first-order valence-corrected chi connectivity index (χ1v) is 5.96. The normalized spacial score (nSPS) is 10.4. The van der Waals surface area contributed by atoms with Crippen LogP contribution in [0.5, 0.6) is 5.75 Å². The van der Waals surface area contributed by atoms with Crippen molar-refractivity contribution in [3.8, 4) is 5.75 Å². The third kappa shape index (κ3) is 3.24. The molecule has 0 bridgehead atoms. The molecule has 0 aliphatic heterocycles. The van der Waals surface area contributed by atoms with Crippen LogP contribution < -0.4 is 0 Å². The predicted molar refractivity (Wildman–Crippen MR) is 66.3 cm³/mol. The lowest BCUT2D eigenvalue weighted by atomic mass is 10.0. The summed E-state index contributed by atoms with van der Waals surface area (Å²) in [6.07, 6.45) is 3.45. The predicted octanol–water partition coefficient (Wildman–Crippen LogP) is 4.12. The molecule has 0 aliphatic carbocycles. The summed E-state index contributed by atoms with van der Waals surface area (Å²) in [4.78, 5) is 11.8. The lowest BCUT2D eigenvalue weighted by molar-refractivity contribution is 0.0976. The lowest BCUT2D eigenvalue weighted by Crippen LogP contribution is -2.00. The summed E-state index contributed by atoms with van der Waals surface area (Å²) < 4.78 is 0. The van der Waals surface area contributed by atoms with Gasteiger partial charge in [-0.25, -0.2) is 0 Å². The molecule has 1 rings (SSSR count). The van der Waals surface area contributed by atoms with Gasteiger partial charge in [0.25, 0.3) is 0 Å². The number of rotatable bonds is 5. The van der Waals surface area contributed by atoms with Crippen molar-refractivity contribution < 1.29 is 9.90 Å². The van der Waals surface area contributed by atoms with E-state index in [9.17, 15) is 9.90 Å². The van der Waals surface area contributed by atoms with Gasteiger partial charge in [0.15, 0.2) is 5.78 Å². The van der Waals surface area contributed by atoms with Gasteiger partial charge in [0, 0.05) is 11.4 Å². The second-order valence-electron chi connectivity index (χ2n) is 4.00. The highest BCUT2D eigenvalue weighted by Gasteiger charge is 2.13. The first kappa shape index (κ1) is 13.0. The number of aromatic hydroxyl groups is 1. The number of ketones is 1. The van der Waals surface area contributed by atoms with Gasteiger partial charge in [-0.1, -0.05) is 31.4 Å². The highest BCUT2D eigenvalue weighted by molar-refractivity contribution is 6.31. The van der Waals surface area contributed by atoms with E-state index >= 15 is 0 Å². The third-order valence-corrected chi connectivity index (χ3v) is 2.79. The maximum atomic E-state index is 11.8. The highest BCUT2D eigenvalue weighted by atomic mass is 35.5. The Hall–Kier alpha value is -1.02. The Labute approximate surface area is 101 Å². The molecule has 0 aliphatic rings. The molecule has 3 heteroatoms. The molecule has 0 fully saturated rings. The summed E-state index contributed by atoms with van der Waals surface area (Å²) >= 11 is 5.86. The van der Waals surface area contributed by atoms with Crippen LogP contribution in [0.25, 0.3) is 0 Å². The average Bonchev–Trinajstić information content (AvgIpc) is 2.23. The number of aryl methyl sites for hydroxylation is 1. The maximum Gasteiger partial charge on any atom is 0.166 e. The zero-order chi connectivity index (χ0) is 12.1. The van der Waals surface area contributed by atoms with Crippen LogP contribution in [0.4, 0.5) is 0 Å². The van der Waals surface area contributed by atoms with Gasteiger partial charge < -0.3 is 5.11 Å². The van der Waals surface area contributed by atoms with Crippen LogP contribution >= 0.6 is 11.6 Å². The van der Waals surface area contributed by atoms with E-state index in [4.69, 9.17) is 11.6 Å². The van der Waals surface area contributed by atoms with Gasteiger partial charge in [-0.3, -0.25) is 4.79 Å². The first-order chi connectivity index (χ1) is 7.56. The molecular formula is C13H17ClO2. The van der Waals surface area contributed by atoms with E-state index < -0.39 is 0 Å². The smallest absolute Gasteiger partial charge is 0.166 e. The van der Waals surface area contributed by atoms with E-state index in [1.54, 1.807) is 13.0 Å². The number of benzene rings is 1. The van der Waals surface area contributed by atoms with Gasteiger partial charge >= 0.3 is 0 Å². The Morgan fingerprint density at radius 3 is 2.69 bits per heavy atom. The zero-order valence-electron chi connectivity index (χ0n) is 9.72. The number of unbranched alkanes of at least 4 members (excludes halogenated alkanes) is 2. The van der Waals surface area contributed by atoms with Crippen molar-refractivity contribution in [2.45, 2.75) is 39.5 Å². The van der Waals surface area contributed by atoms with Crippen LogP contribution in [0.15, 0.2) is 12.1 Å². The van der Waals surface area contributed by atoms with E-state index in [0.29, 0.717) is 22.6 Å². The molecule has 1 aromatic carbocycles. The summed E-state index contributed by atoms with van der Waals surface area (Å²) in [6.45, 7) is 3.83. The van der Waals surface area contributed by atoms with Crippen molar-refractivity contribution in [3.63, 3.8) is 0 Å². The number of halogens is 1. The molecule has 0 saturated heterocycles. The lowest BCUT2D eigenvalue weighted by Gasteiger charge is -2.07. The van der Waals surface area contributed by atoms with Gasteiger partial charge in [0.05, 0.1) is 5.56 Å². The summed E-state index contributed by atoms with van der Waals surface area (Å²) in [6, 6.07) is 3.19. The van der Waals surface area contributed by atoms with Crippen LogP contribution in [0.3, 0.4) is 0 Å². The quantitative estimate of drug-likeness (QED) is 0.621. The Morgan fingerprint density at radius 1 is 1.38 bits per heavy atom. The Morgan fingerprint density at radius 2 is 2.06 bits per heavy atom. The molecule has 0 saturated carbocycles. The molecule has 88 valence electrons. The van der Waals surface area contributed by atoms with Crippen LogP contribution in [-0.4, -0.2) is 10.9 Å². The van der Waals surface area contributed by atoms with Crippen molar-refractivity contribution in [2.24, 2.45) is 0 Å². The Kier molecular flexibility index (Phi) is 4.81. The van der Waals surface area contributed by atoms with Crippen LogP contribution in [0.2, 0.25) is 5.02 Å². The van der Waals surface area contributed by atoms with Gasteiger partial charge in [-0.2, -0.15) is 0 Å². The molecule has 0 aromatic heterocycles. The van der Waals surface area contributed by atoms with E-state index in [0.717, 1.165) is 19.3 Å². The van der Waals surface area contributed by atoms with Gasteiger partial charge in [0.2, 0.25) is 0 Å². The largest absolute Gasteiger partial charge is 0.507 e. The minimum atomic E-state index is -0.0310. The number of hydrogen-bond acceptors (Lipinski definition) is 2. The zero-order valence-corrected chi connectivity index (χ0v) is 10.5. The summed E-state index contributed by atoms with van der Waals surface area (Å²) in [5, 5.41) is 10.3. The number of phenols is 1. The molecule has 0 atom stereocenters. The number of carbonyl (C=O) groups is 1. The van der Waals surface area contributed by atoms with Gasteiger partial charge in [-0.05, 0) is 31.0 Å². The highest BCUT2D eigenvalue weighted by Crippen LogP contribution is 2.27. The Bertz CT molecular complexity index is 386. The average molecular weight is 241 g/mol. The number of carbonyl (C=O) groups excluding carboxylic acids is 1. The summed E-state index contributed by atoms with van der Waals surface area (Å²) in [7, 11) is 0. The molecule has 1 aromatic rings.